The summed E-state index contributed by atoms with van der Waals surface area (Å²) in [5, 5.41) is 8.98. The molecule has 2 bridgehead atoms. The third-order valence-electron chi connectivity index (χ3n) is 7.22. The maximum Gasteiger partial charge on any atom is 0.320 e. The van der Waals surface area contributed by atoms with Crippen LogP contribution < -0.4 is 0 Å². The molecule has 0 aromatic rings. The standard InChI is InChI=1S/C18H32N2O3/c1-17(2)14-4-5-18(17,3)15(12-14)23-16(22)13-20-8-6-19(7-9-20)10-11-21/h14-15,21H,4-13H2,1-3H3/t14-,15+,18+/m0/s1. The molecule has 3 fully saturated rings. The molecule has 23 heavy (non-hydrogen) atoms. The molecule has 1 N–H and O–H groups in total. The predicted molar refractivity (Wildman–Crippen MR) is 89.1 cm³/mol. The van der Waals surface area contributed by atoms with E-state index >= 15 is 0 Å². The van der Waals surface area contributed by atoms with Crippen molar-refractivity contribution >= 4 is 5.97 Å². The number of carbonyl (C=O) groups is 1. The van der Waals surface area contributed by atoms with E-state index in [1.807, 2.05) is 0 Å². The Labute approximate surface area is 140 Å². The predicted octanol–water partition coefficient (Wildman–Crippen LogP) is 1.35. The Morgan fingerprint density at radius 2 is 1.83 bits per heavy atom. The van der Waals surface area contributed by atoms with Crippen molar-refractivity contribution in [1.29, 1.82) is 0 Å². The van der Waals surface area contributed by atoms with Crippen LogP contribution in [-0.2, 0) is 9.53 Å². The minimum atomic E-state index is -0.0600. The van der Waals surface area contributed by atoms with Crippen LogP contribution in [0, 0.1) is 16.7 Å². The quantitative estimate of drug-likeness (QED) is 0.774. The summed E-state index contributed by atoms with van der Waals surface area (Å²) in [7, 11) is 0. The number of rotatable bonds is 5. The largest absolute Gasteiger partial charge is 0.461 e. The molecule has 132 valence electrons. The van der Waals surface area contributed by atoms with Gasteiger partial charge in [0, 0.05) is 38.1 Å². The minimum absolute atomic E-state index is 0.0600. The van der Waals surface area contributed by atoms with Gasteiger partial charge in [-0.05, 0) is 30.6 Å². The minimum Gasteiger partial charge on any atom is -0.461 e. The second-order valence-corrected chi connectivity index (χ2v) is 8.43. The lowest BCUT2D eigenvalue weighted by molar-refractivity contribution is -0.158. The topological polar surface area (TPSA) is 53.0 Å². The molecule has 3 rings (SSSR count). The molecule has 1 heterocycles. The van der Waals surface area contributed by atoms with Crippen LogP contribution in [0.3, 0.4) is 0 Å². The van der Waals surface area contributed by atoms with Crippen LogP contribution in [0.4, 0.5) is 0 Å². The monoisotopic (exact) mass is 324 g/mol. The zero-order valence-corrected chi connectivity index (χ0v) is 14.9. The Morgan fingerprint density at radius 1 is 1.17 bits per heavy atom. The second-order valence-electron chi connectivity index (χ2n) is 8.43. The molecule has 5 heteroatoms. The Bertz CT molecular complexity index is 446. The molecule has 0 aromatic heterocycles. The van der Waals surface area contributed by atoms with Crippen molar-refractivity contribution in [3.63, 3.8) is 0 Å². The van der Waals surface area contributed by atoms with Gasteiger partial charge >= 0.3 is 5.97 Å². The maximum atomic E-state index is 12.4. The lowest BCUT2D eigenvalue weighted by Gasteiger charge is -2.39. The van der Waals surface area contributed by atoms with Crippen molar-refractivity contribution in [2.75, 3.05) is 45.9 Å². The van der Waals surface area contributed by atoms with Crippen molar-refractivity contribution in [2.24, 2.45) is 16.7 Å². The number of fused-ring (bicyclic) bond motifs is 2. The summed E-state index contributed by atoms with van der Waals surface area (Å²) in [6, 6.07) is 0. The van der Waals surface area contributed by atoms with Crippen LogP contribution in [0.1, 0.15) is 40.0 Å². The number of β-amino-alcohol motifs (C(OH)–C–C–N with tert-alkyl or cyclic N) is 1. The third-order valence-corrected chi connectivity index (χ3v) is 7.22. The van der Waals surface area contributed by atoms with Gasteiger partial charge in [-0.25, -0.2) is 0 Å². The van der Waals surface area contributed by atoms with E-state index in [9.17, 15) is 4.79 Å². The summed E-state index contributed by atoms with van der Waals surface area (Å²) in [5.41, 5.74) is 0.432. The zero-order valence-electron chi connectivity index (χ0n) is 14.9. The molecule has 0 unspecified atom stereocenters. The molecule has 5 nitrogen and oxygen atoms in total. The third kappa shape index (κ3) is 3.03. The molecule has 3 aliphatic rings. The van der Waals surface area contributed by atoms with E-state index in [1.165, 1.54) is 12.8 Å². The number of ether oxygens (including phenoxy) is 1. The van der Waals surface area contributed by atoms with Crippen molar-refractivity contribution in [1.82, 2.24) is 9.80 Å². The van der Waals surface area contributed by atoms with Crippen molar-refractivity contribution in [3.05, 3.63) is 0 Å². The Balaban J connectivity index is 1.48. The average Bonchev–Trinajstić information content (AvgIpc) is 2.83. The normalized spacial score (nSPS) is 37.2. The highest BCUT2D eigenvalue weighted by atomic mass is 16.5. The molecule has 0 amide bonds. The summed E-state index contributed by atoms with van der Waals surface area (Å²) in [4.78, 5) is 16.8. The van der Waals surface area contributed by atoms with E-state index < -0.39 is 0 Å². The summed E-state index contributed by atoms with van der Waals surface area (Å²) < 4.78 is 5.93. The first-order chi connectivity index (χ1) is 10.9. The van der Waals surface area contributed by atoms with Gasteiger partial charge in [-0.2, -0.15) is 0 Å². The molecular formula is C18H32N2O3. The number of aliphatic hydroxyl groups excluding tert-OH is 1. The summed E-state index contributed by atoms with van der Waals surface area (Å²) in [6.07, 6.45) is 3.60. The van der Waals surface area contributed by atoms with Crippen LogP contribution >= 0.6 is 0 Å². The van der Waals surface area contributed by atoms with Crippen molar-refractivity contribution in [2.45, 2.75) is 46.1 Å². The summed E-state index contributed by atoms with van der Waals surface area (Å²) in [5.74, 6) is 0.641. The number of carbonyl (C=O) groups excluding carboxylic acids is 1. The molecule has 0 radical (unpaired) electrons. The van der Waals surface area contributed by atoms with E-state index in [2.05, 4.69) is 30.6 Å². The Hall–Kier alpha value is -0.650. The molecule has 0 spiro atoms. The first kappa shape index (κ1) is 17.2. The zero-order chi connectivity index (χ0) is 16.7. The molecule has 2 aliphatic carbocycles. The summed E-state index contributed by atoms with van der Waals surface area (Å²) >= 11 is 0. The van der Waals surface area contributed by atoms with E-state index in [1.54, 1.807) is 0 Å². The maximum absolute atomic E-state index is 12.4. The molecule has 2 saturated carbocycles. The lowest BCUT2D eigenvalue weighted by Crippen LogP contribution is -2.49. The molecule has 3 atom stereocenters. The van der Waals surface area contributed by atoms with Gasteiger partial charge in [0.15, 0.2) is 0 Å². The Morgan fingerprint density at radius 3 is 2.35 bits per heavy atom. The van der Waals surface area contributed by atoms with E-state index in [0.717, 1.165) is 39.1 Å². The summed E-state index contributed by atoms with van der Waals surface area (Å²) in [6.45, 7) is 12.0. The first-order valence-electron chi connectivity index (χ1n) is 9.12. The molecular weight excluding hydrogens is 292 g/mol. The molecule has 1 saturated heterocycles. The second kappa shape index (κ2) is 6.34. The highest BCUT2D eigenvalue weighted by molar-refractivity contribution is 5.72. The highest BCUT2D eigenvalue weighted by Crippen LogP contribution is 2.66. The first-order valence-corrected chi connectivity index (χ1v) is 9.12. The van der Waals surface area contributed by atoms with Gasteiger partial charge in [0.1, 0.15) is 6.10 Å². The fourth-order valence-corrected chi connectivity index (χ4v) is 5.00. The van der Waals surface area contributed by atoms with Gasteiger partial charge in [-0.3, -0.25) is 14.6 Å². The molecule has 1 aliphatic heterocycles. The van der Waals surface area contributed by atoms with Gasteiger partial charge in [0.25, 0.3) is 0 Å². The van der Waals surface area contributed by atoms with Gasteiger partial charge in [0.2, 0.25) is 0 Å². The SMILES string of the molecule is CC1(C)[C@H]2CC[C@]1(C)[C@H](OC(=O)CN1CCN(CCO)CC1)C2. The van der Waals surface area contributed by atoms with Crippen LogP contribution in [0.15, 0.2) is 0 Å². The van der Waals surface area contributed by atoms with Crippen LogP contribution in [0.25, 0.3) is 0 Å². The fraction of sp³-hybridized carbons (Fsp3) is 0.944. The number of hydrogen-bond acceptors (Lipinski definition) is 5. The van der Waals surface area contributed by atoms with Gasteiger partial charge < -0.3 is 9.84 Å². The smallest absolute Gasteiger partial charge is 0.320 e. The van der Waals surface area contributed by atoms with E-state index in [4.69, 9.17) is 9.84 Å². The Kier molecular flexibility index (Phi) is 4.73. The number of aliphatic hydroxyl groups is 1. The number of nitrogens with zero attached hydrogens (tertiary/aromatic N) is 2. The molecule has 0 aromatic carbocycles. The number of hydrogen-bond donors (Lipinski definition) is 1. The van der Waals surface area contributed by atoms with Crippen molar-refractivity contribution in [3.8, 4) is 0 Å². The number of esters is 1. The number of piperazine rings is 1. The van der Waals surface area contributed by atoms with E-state index in [-0.39, 0.29) is 29.5 Å². The van der Waals surface area contributed by atoms with E-state index in [0.29, 0.717) is 12.5 Å². The van der Waals surface area contributed by atoms with Crippen molar-refractivity contribution < 1.29 is 14.6 Å². The van der Waals surface area contributed by atoms with Crippen LogP contribution in [-0.4, -0.2) is 72.9 Å². The highest BCUT2D eigenvalue weighted by Gasteiger charge is 2.62. The van der Waals surface area contributed by atoms with Gasteiger partial charge in [0.05, 0.1) is 13.2 Å². The van der Waals surface area contributed by atoms with Gasteiger partial charge in [-0.1, -0.05) is 20.8 Å². The lowest BCUT2D eigenvalue weighted by atomic mass is 9.70. The van der Waals surface area contributed by atoms with Crippen LogP contribution in [0.2, 0.25) is 0 Å². The average molecular weight is 324 g/mol. The fourth-order valence-electron chi connectivity index (χ4n) is 5.00. The van der Waals surface area contributed by atoms with Crippen LogP contribution in [0.5, 0.6) is 0 Å². The van der Waals surface area contributed by atoms with Gasteiger partial charge in [-0.15, -0.1) is 0 Å².